The van der Waals surface area contributed by atoms with Crippen LogP contribution in [0.4, 0.5) is 0 Å². The molecule has 0 spiro atoms. The molecule has 0 atom stereocenters. The maximum absolute atomic E-state index is 10.8. The van der Waals surface area contributed by atoms with E-state index in [0.29, 0.717) is 13.0 Å². The summed E-state index contributed by atoms with van der Waals surface area (Å²) in [5.41, 5.74) is 2.40. The lowest BCUT2D eigenvalue weighted by Crippen LogP contribution is -2.25. The Labute approximate surface area is 61.7 Å². The Kier molecular flexibility index (Phi) is 4.59. The minimum absolute atomic E-state index is 0.220. The van der Waals surface area contributed by atoms with Crippen molar-refractivity contribution in [3.8, 4) is 0 Å². The van der Waals surface area contributed by atoms with E-state index < -0.39 is 9.84 Å². The summed E-state index contributed by atoms with van der Waals surface area (Å²) >= 11 is 0. The Morgan fingerprint density at radius 3 is 2.50 bits per heavy atom. The second-order valence-corrected chi connectivity index (χ2v) is 4.52. The zero-order chi connectivity index (χ0) is 8.04. The van der Waals surface area contributed by atoms with Gasteiger partial charge in [-0.15, -0.1) is 0 Å². The van der Waals surface area contributed by atoms with Crippen molar-refractivity contribution in [1.29, 1.82) is 0 Å². The topological polar surface area (TPSA) is 72.2 Å². The lowest BCUT2D eigenvalue weighted by Gasteiger charge is -1.98. The molecular formula is C5H14N2O2S. The summed E-state index contributed by atoms with van der Waals surface area (Å²) < 4.78 is 21.6. The minimum Gasteiger partial charge on any atom is -0.271 e. The summed E-state index contributed by atoms with van der Waals surface area (Å²) in [7, 11) is -2.79. The van der Waals surface area contributed by atoms with Crippen molar-refractivity contribution in [3.05, 3.63) is 0 Å². The van der Waals surface area contributed by atoms with Gasteiger partial charge >= 0.3 is 0 Å². The standard InChI is InChI=1S/C5H14N2O2S/c1-2-10(8,9)5-3-4-7-6/h7H,2-6H2,1H3. The molecule has 0 aliphatic carbocycles. The molecule has 0 saturated heterocycles. The van der Waals surface area contributed by atoms with Crippen molar-refractivity contribution in [2.24, 2.45) is 5.84 Å². The molecule has 4 nitrogen and oxygen atoms in total. The fourth-order valence-electron chi connectivity index (χ4n) is 0.538. The van der Waals surface area contributed by atoms with E-state index in [-0.39, 0.29) is 11.5 Å². The predicted octanol–water partition coefficient (Wildman–Crippen LogP) is -0.725. The quantitative estimate of drug-likeness (QED) is 0.321. The number of nitrogens with two attached hydrogens (primary N) is 1. The van der Waals surface area contributed by atoms with Crippen molar-refractivity contribution in [3.63, 3.8) is 0 Å². The third kappa shape index (κ3) is 4.72. The number of hydrogen-bond acceptors (Lipinski definition) is 4. The monoisotopic (exact) mass is 166 g/mol. The van der Waals surface area contributed by atoms with Crippen LogP contribution >= 0.6 is 0 Å². The molecule has 0 saturated carbocycles. The van der Waals surface area contributed by atoms with Gasteiger partial charge in [-0.25, -0.2) is 8.42 Å². The third-order valence-electron chi connectivity index (χ3n) is 1.22. The van der Waals surface area contributed by atoms with Crippen LogP contribution in [0.2, 0.25) is 0 Å². The van der Waals surface area contributed by atoms with Crippen LogP contribution in [0.3, 0.4) is 0 Å². The van der Waals surface area contributed by atoms with Crippen LogP contribution in [0.5, 0.6) is 0 Å². The zero-order valence-electron chi connectivity index (χ0n) is 6.13. The van der Waals surface area contributed by atoms with Gasteiger partial charge in [0, 0.05) is 12.3 Å². The smallest absolute Gasteiger partial charge is 0.150 e. The summed E-state index contributed by atoms with van der Waals surface area (Å²) in [4.78, 5) is 0. The molecule has 0 radical (unpaired) electrons. The lowest BCUT2D eigenvalue weighted by atomic mass is 10.5. The number of sulfone groups is 1. The highest BCUT2D eigenvalue weighted by atomic mass is 32.2. The highest BCUT2D eigenvalue weighted by Gasteiger charge is 2.04. The number of nitrogens with one attached hydrogen (secondary N) is 1. The van der Waals surface area contributed by atoms with E-state index in [9.17, 15) is 8.42 Å². The van der Waals surface area contributed by atoms with E-state index in [1.54, 1.807) is 6.92 Å². The number of hydrogen-bond donors (Lipinski definition) is 2. The first-order valence-corrected chi connectivity index (χ1v) is 5.08. The van der Waals surface area contributed by atoms with E-state index >= 15 is 0 Å². The number of rotatable bonds is 5. The lowest BCUT2D eigenvalue weighted by molar-refractivity contribution is 0.591. The summed E-state index contributed by atoms with van der Waals surface area (Å²) in [6, 6.07) is 0. The van der Waals surface area contributed by atoms with Crippen LogP contribution in [0.1, 0.15) is 13.3 Å². The molecule has 0 heterocycles. The van der Waals surface area contributed by atoms with Crippen molar-refractivity contribution in [2.45, 2.75) is 13.3 Å². The van der Waals surface area contributed by atoms with Crippen LogP contribution in [0.25, 0.3) is 0 Å². The molecule has 0 aliphatic rings. The van der Waals surface area contributed by atoms with Gasteiger partial charge in [-0.3, -0.25) is 11.3 Å². The third-order valence-corrected chi connectivity index (χ3v) is 3.01. The molecule has 0 amide bonds. The summed E-state index contributed by atoms with van der Waals surface area (Å²) in [6.07, 6.45) is 0.590. The van der Waals surface area contributed by atoms with Gasteiger partial charge in [0.05, 0.1) is 5.75 Å². The molecule has 0 unspecified atom stereocenters. The second-order valence-electron chi connectivity index (χ2n) is 2.04. The zero-order valence-corrected chi connectivity index (χ0v) is 6.95. The van der Waals surface area contributed by atoms with Crippen molar-refractivity contribution in [2.75, 3.05) is 18.1 Å². The first kappa shape index (κ1) is 9.87. The maximum atomic E-state index is 10.8. The van der Waals surface area contributed by atoms with E-state index in [1.807, 2.05) is 0 Å². The van der Waals surface area contributed by atoms with Gasteiger partial charge in [-0.05, 0) is 6.42 Å². The highest BCUT2D eigenvalue weighted by molar-refractivity contribution is 7.91. The largest absolute Gasteiger partial charge is 0.271 e. The maximum Gasteiger partial charge on any atom is 0.150 e. The molecule has 0 aliphatic heterocycles. The van der Waals surface area contributed by atoms with Crippen LogP contribution in [0, 0.1) is 0 Å². The average Bonchev–Trinajstić information content (AvgIpc) is 1.89. The normalized spacial score (nSPS) is 11.8. The van der Waals surface area contributed by atoms with E-state index in [1.165, 1.54) is 0 Å². The van der Waals surface area contributed by atoms with Crippen LogP contribution < -0.4 is 11.3 Å². The SMILES string of the molecule is CCS(=O)(=O)CCCNN. The molecule has 5 heteroatoms. The molecule has 0 fully saturated rings. The Bertz CT molecular complexity index is 164. The molecule has 10 heavy (non-hydrogen) atoms. The minimum atomic E-state index is -2.79. The van der Waals surface area contributed by atoms with Crippen molar-refractivity contribution in [1.82, 2.24) is 5.43 Å². The van der Waals surface area contributed by atoms with Gasteiger partial charge in [0.2, 0.25) is 0 Å². The van der Waals surface area contributed by atoms with Gasteiger partial charge in [-0.1, -0.05) is 6.92 Å². The van der Waals surface area contributed by atoms with Crippen LogP contribution in [-0.2, 0) is 9.84 Å². The van der Waals surface area contributed by atoms with Crippen molar-refractivity contribution >= 4 is 9.84 Å². The van der Waals surface area contributed by atoms with Crippen LogP contribution in [-0.4, -0.2) is 26.5 Å². The highest BCUT2D eigenvalue weighted by Crippen LogP contribution is 1.91. The van der Waals surface area contributed by atoms with Gasteiger partial charge in [0.1, 0.15) is 9.84 Å². The number of hydrazine groups is 1. The average molecular weight is 166 g/mol. The van der Waals surface area contributed by atoms with Crippen LogP contribution in [0.15, 0.2) is 0 Å². The first-order chi connectivity index (χ1) is 4.62. The Hall–Kier alpha value is -0.130. The molecule has 3 N–H and O–H groups in total. The molecule has 0 rings (SSSR count). The van der Waals surface area contributed by atoms with Gasteiger partial charge in [0.15, 0.2) is 0 Å². The fraction of sp³-hybridized carbons (Fsp3) is 1.00. The van der Waals surface area contributed by atoms with Gasteiger partial charge < -0.3 is 0 Å². The molecule has 0 aromatic heterocycles. The molecular weight excluding hydrogens is 152 g/mol. The Morgan fingerprint density at radius 1 is 1.50 bits per heavy atom. The van der Waals surface area contributed by atoms with E-state index in [2.05, 4.69) is 5.43 Å². The Morgan fingerprint density at radius 2 is 2.10 bits per heavy atom. The predicted molar refractivity (Wildman–Crippen MR) is 41.1 cm³/mol. The first-order valence-electron chi connectivity index (χ1n) is 3.26. The fourth-order valence-corrected chi connectivity index (χ4v) is 1.41. The van der Waals surface area contributed by atoms with Gasteiger partial charge in [0.25, 0.3) is 0 Å². The molecule has 0 aromatic rings. The van der Waals surface area contributed by atoms with E-state index in [4.69, 9.17) is 5.84 Å². The van der Waals surface area contributed by atoms with E-state index in [0.717, 1.165) is 0 Å². The summed E-state index contributed by atoms with van der Waals surface area (Å²) in [5.74, 6) is 5.40. The Balaban J connectivity index is 3.49. The van der Waals surface area contributed by atoms with Crippen molar-refractivity contribution < 1.29 is 8.42 Å². The second kappa shape index (κ2) is 4.65. The summed E-state index contributed by atoms with van der Waals surface area (Å²) in [5, 5.41) is 0. The van der Waals surface area contributed by atoms with Gasteiger partial charge in [-0.2, -0.15) is 0 Å². The molecule has 0 bridgehead atoms. The summed E-state index contributed by atoms with van der Waals surface area (Å²) in [6.45, 7) is 2.20. The molecule has 0 aromatic carbocycles. The molecule has 62 valence electrons.